The summed E-state index contributed by atoms with van der Waals surface area (Å²) in [5, 5.41) is 2.86. The summed E-state index contributed by atoms with van der Waals surface area (Å²) in [6.45, 7) is 5.88. The molecule has 1 aliphatic heterocycles. The molecule has 0 fully saturated rings. The van der Waals surface area contributed by atoms with Crippen LogP contribution in [0.2, 0.25) is 0 Å². The van der Waals surface area contributed by atoms with Crippen molar-refractivity contribution in [1.29, 1.82) is 0 Å². The predicted octanol–water partition coefficient (Wildman–Crippen LogP) is 4.05. The van der Waals surface area contributed by atoms with Gasteiger partial charge in [0.05, 0.1) is 5.69 Å². The lowest BCUT2D eigenvalue weighted by Gasteiger charge is -2.16. The first kappa shape index (κ1) is 16.3. The van der Waals surface area contributed by atoms with Gasteiger partial charge in [-0.1, -0.05) is 35.4 Å². The van der Waals surface area contributed by atoms with Crippen molar-refractivity contribution in [2.75, 3.05) is 10.2 Å². The smallest absolute Gasteiger partial charge is 0.283 e. The molecule has 2 aromatic carbocycles. The van der Waals surface area contributed by atoms with Crippen LogP contribution in [0.1, 0.15) is 16.7 Å². The van der Waals surface area contributed by atoms with Crippen LogP contribution in [0.3, 0.4) is 0 Å². The maximum atomic E-state index is 12.7. The monoisotopic (exact) mass is 340 g/mol. The maximum absolute atomic E-state index is 12.7. The molecule has 1 aliphatic rings. The molecule has 0 atom stereocenters. The zero-order valence-electron chi connectivity index (χ0n) is 13.7. The van der Waals surface area contributed by atoms with Gasteiger partial charge in [-0.3, -0.25) is 9.59 Å². The average molecular weight is 341 g/mol. The molecule has 4 nitrogen and oxygen atoms in total. The largest absolute Gasteiger partial charge is 0.350 e. The van der Waals surface area contributed by atoms with E-state index in [4.69, 9.17) is 11.6 Å². The number of nitrogens with one attached hydrogen (secondary N) is 1. The fourth-order valence-electron chi connectivity index (χ4n) is 2.49. The number of anilines is 2. The fraction of sp³-hybridized carbons (Fsp3) is 0.158. The standard InChI is InChI=1S/C19H17ClN2O2/c1-11-4-7-14(8-5-11)21-17-16(20)18(23)22(19(17)24)15-9-6-12(2)13(3)10-15/h4-10,21H,1-3H3. The van der Waals surface area contributed by atoms with E-state index in [2.05, 4.69) is 5.32 Å². The summed E-state index contributed by atoms with van der Waals surface area (Å²) in [5.74, 6) is -0.964. The van der Waals surface area contributed by atoms with Gasteiger partial charge in [0.2, 0.25) is 0 Å². The minimum absolute atomic E-state index is 0.0983. The second-order valence-electron chi connectivity index (χ2n) is 5.89. The van der Waals surface area contributed by atoms with Crippen molar-refractivity contribution in [3.63, 3.8) is 0 Å². The van der Waals surface area contributed by atoms with E-state index in [-0.39, 0.29) is 10.7 Å². The van der Waals surface area contributed by atoms with Gasteiger partial charge in [-0.2, -0.15) is 0 Å². The van der Waals surface area contributed by atoms with Gasteiger partial charge >= 0.3 is 0 Å². The molecule has 1 heterocycles. The van der Waals surface area contributed by atoms with Crippen LogP contribution in [-0.2, 0) is 9.59 Å². The molecule has 0 aromatic heterocycles. The summed E-state index contributed by atoms with van der Waals surface area (Å²) in [5.41, 5.74) is 4.53. The number of carbonyl (C=O) groups excluding carboxylic acids is 2. The fourth-order valence-corrected chi connectivity index (χ4v) is 2.70. The van der Waals surface area contributed by atoms with E-state index in [1.165, 1.54) is 0 Å². The minimum atomic E-state index is -0.514. The van der Waals surface area contributed by atoms with Gasteiger partial charge < -0.3 is 5.32 Å². The topological polar surface area (TPSA) is 49.4 Å². The number of aryl methyl sites for hydroxylation is 3. The molecule has 0 saturated carbocycles. The number of nitrogens with zero attached hydrogens (tertiary/aromatic N) is 1. The van der Waals surface area contributed by atoms with Gasteiger partial charge in [-0.15, -0.1) is 0 Å². The van der Waals surface area contributed by atoms with Gasteiger partial charge in [0, 0.05) is 5.69 Å². The van der Waals surface area contributed by atoms with Crippen molar-refractivity contribution < 1.29 is 9.59 Å². The van der Waals surface area contributed by atoms with Crippen molar-refractivity contribution in [3.8, 4) is 0 Å². The Labute approximate surface area is 145 Å². The first-order valence-corrected chi connectivity index (χ1v) is 7.96. The molecule has 2 aromatic rings. The third-order valence-corrected chi connectivity index (χ3v) is 4.45. The number of rotatable bonds is 3. The number of benzene rings is 2. The van der Waals surface area contributed by atoms with E-state index in [0.29, 0.717) is 11.4 Å². The molecule has 2 amide bonds. The van der Waals surface area contributed by atoms with Crippen molar-refractivity contribution in [2.45, 2.75) is 20.8 Å². The quantitative estimate of drug-likeness (QED) is 0.858. The highest BCUT2D eigenvalue weighted by atomic mass is 35.5. The predicted molar refractivity (Wildman–Crippen MR) is 96.1 cm³/mol. The van der Waals surface area contributed by atoms with Crippen LogP contribution in [0.15, 0.2) is 53.2 Å². The highest BCUT2D eigenvalue weighted by molar-refractivity contribution is 6.53. The number of amides is 2. The molecule has 122 valence electrons. The summed E-state index contributed by atoms with van der Waals surface area (Å²) in [4.78, 5) is 26.2. The van der Waals surface area contributed by atoms with Gasteiger partial charge in [0.15, 0.2) is 0 Å². The van der Waals surface area contributed by atoms with Crippen LogP contribution in [0.4, 0.5) is 11.4 Å². The summed E-state index contributed by atoms with van der Waals surface area (Å²) in [7, 11) is 0. The molecule has 0 unspecified atom stereocenters. The van der Waals surface area contributed by atoms with E-state index in [0.717, 1.165) is 21.6 Å². The minimum Gasteiger partial charge on any atom is -0.350 e. The Bertz CT molecular complexity index is 869. The van der Waals surface area contributed by atoms with Crippen LogP contribution < -0.4 is 10.2 Å². The van der Waals surface area contributed by atoms with E-state index in [1.807, 2.05) is 57.2 Å². The Morgan fingerprint density at radius 1 is 0.875 bits per heavy atom. The zero-order valence-corrected chi connectivity index (χ0v) is 14.4. The molecule has 0 spiro atoms. The number of halogens is 1. The van der Waals surface area contributed by atoms with Crippen LogP contribution >= 0.6 is 11.6 Å². The molecule has 0 radical (unpaired) electrons. The van der Waals surface area contributed by atoms with Gasteiger partial charge in [0.1, 0.15) is 10.7 Å². The summed E-state index contributed by atoms with van der Waals surface area (Å²) in [6.07, 6.45) is 0. The maximum Gasteiger partial charge on any atom is 0.283 e. The van der Waals surface area contributed by atoms with E-state index < -0.39 is 11.8 Å². The third-order valence-electron chi connectivity index (χ3n) is 4.10. The molecule has 3 rings (SSSR count). The highest BCUT2D eigenvalue weighted by Crippen LogP contribution is 2.31. The third kappa shape index (κ3) is 2.81. The molecule has 0 bridgehead atoms. The Balaban J connectivity index is 1.92. The lowest BCUT2D eigenvalue weighted by atomic mass is 10.1. The molecule has 0 aliphatic carbocycles. The number of carbonyl (C=O) groups is 2. The first-order valence-electron chi connectivity index (χ1n) is 7.58. The molecule has 5 heteroatoms. The SMILES string of the molecule is Cc1ccc(NC2=C(Cl)C(=O)N(c3ccc(C)c(C)c3)C2=O)cc1. The first-order chi connectivity index (χ1) is 11.4. The number of hydrogen-bond acceptors (Lipinski definition) is 3. The van der Waals surface area contributed by atoms with Crippen LogP contribution in [0.25, 0.3) is 0 Å². The number of hydrogen-bond donors (Lipinski definition) is 1. The summed E-state index contributed by atoms with van der Waals surface area (Å²) < 4.78 is 0. The Kier molecular flexibility index (Phi) is 4.16. The average Bonchev–Trinajstić information content (AvgIpc) is 2.76. The van der Waals surface area contributed by atoms with E-state index in [9.17, 15) is 9.59 Å². The van der Waals surface area contributed by atoms with Gasteiger partial charge in [-0.05, 0) is 56.2 Å². The Hall–Kier alpha value is -2.59. The van der Waals surface area contributed by atoms with Crippen molar-refractivity contribution >= 4 is 34.8 Å². The Morgan fingerprint density at radius 3 is 2.17 bits per heavy atom. The lowest BCUT2D eigenvalue weighted by molar-refractivity contribution is -0.120. The molecule has 1 N–H and O–H groups in total. The van der Waals surface area contributed by atoms with Crippen molar-refractivity contribution in [3.05, 3.63) is 69.9 Å². The summed E-state index contributed by atoms with van der Waals surface area (Å²) >= 11 is 6.13. The van der Waals surface area contributed by atoms with Crippen LogP contribution in [-0.4, -0.2) is 11.8 Å². The van der Waals surface area contributed by atoms with Crippen LogP contribution in [0.5, 0.6) is 0 Å². The number of imide groups is 1. The molecular formula is C19H17ClN2O2. The van der Waals surface area contributed by atoms with Crippen LogP contribution in [0, 0.1) is 20.8 Å². The molecule has 0 saturated heterocycles. The van der Waals surface area contributed by atoms with Gasteiger partial charge in [-0.25, -0.2) is 4.90 Å². The second-order valence-corrected chi connectivity index (χ2v) is 6.27. The van der Waals surface area contributed by atoms with E-state index in [1.54, 1.807) is 6.07 Å². The van der Waals surface area contributed by atoms with Crippen molar-refractivity contribution in [2.24, 2.45) is 0 Å². The zero-order chi connectivity index (χ0) is 17.4. The summed E-state index contributed by atoms with van der Waals surface area (Å²) in [6, 6.07) is 12.9. The molecule has 24 heavy (non-hydrogen) atoms. The molecular weight excluding hydrogens is 324 g/mol. The normalized spacial score (nSPS) is 14.6. The highest BCUT2D eigenvalue weighted by Gasteiger charge is 2.39. The van der Waals surface area contributed by atoms with E-state index >= 15 is 0 Å². The van der Waals surface area contributed by atoms with Crippen molar-refractivity contribution in [1.82, 2.24) is 0 Å². The Morgan fingerprint density at radius 2 is 1.54 bits per heavy atom. The lowest BCUT2D eigenvalue weighted by Crippen LogP contribution is -2.32. The second kappa shape index (κ2) is 6.13. The van der Waals surface area contributed by atoms with Gasteiger partial charge in [0.25, 0.3) is 11.8 Å².